The van der Waals surface area contributed by atoms with Crippen LogP contribution in [0.3, 0.4) is 0 Å². The van der Waals surface area contributed by atoms with E-state index >= 15 is 0 Å². The van der Waals surface area contributed by atoms with Crippen molar-refractivity contribution in [1.82, 2.24) is 19.2 Å². The standard InChI is InChI=1S/C19H22N4O3S/c24-19(16-3-8-20-9-4-16)22-10-5-17-14-23(13-15-2-1-7-21-12-15)27(25,26)18(17)6-11-22/h1-4,7-9,12,17-18H,5-6,10-11,13-14H2/t17-,18-/m1/s1. The number of sulfonamides is 1. The Bertz CT molecular complexity index is 905. The Balaban J connectivity index is 1.46. The maximum atomic E-state index is 13.0. The minimum atomic E-state index is -3.37. The molecule has 0 N–H and O–H groups in total. The second-order valence-corrected chi connectivity index (χ2v) is 9.25. The maximum absolute atomic E-state index is 13.0. The van der Waals surface area contributed by atoms with Crippen molar-refractivity contribution in [3.05, 3.63) is 60.2 Å². The first-order valence-electron chi connectivity index (χ1n) is 9.13. The highest BCUT2D eigenvalue weighted by Crippen LogP contribution is 2.35. The van der Waals surface area contributed by atoms with Gasteiger partial charge in [-0.1, -0.05) is 6.07 Å². The molecule has 0 aliphatic carbocycles. The van der Waals surface area contributed by atoms with Crippen LogP contribution in [0.25, 0.3) is 0 Å². The molecular formula is C19H22N4O3S. The van der Waals surface area contributed by atoms with E-state index in [9.17, 15) is 13.2 Å². The Kier molecular flexibility index (Phi) is 4.92. The molecule has 2 fully saturated rings. The predicted octanol–water partition coefficient (Wildman–Crippen LogP) is 1.54. The van der Waals surface area contributed by atoms with Crippen molar-refractivity contribution in [2.24, 2.45) is 5.92 Å². The second-order valence-electron chi connectivity index (χ2n) is 7.10. The molecule has 8 heteroatoms. The maximum Gasteiger partial charge on any atom is 0.253 e. The quantitative estimate of drug-likeness (QED) is 0.799. The molecule has 0 bridgehead atoms. The van der Waals surface area contributed by atoms with Gasteiger partial charge >= 0.3 is 0 Å². The first kappa shape index (κ1) is 18.1. The monoisotopic (exact) mass is 386 g/mol. The number of nitrogens with zero attached hydrogens (tertiary/aromatic N) is 4. The fraction of sp³-hybridized carbons (Fsp3) is 0.421. The molecule has 2 aliphatic heterocycles. The van der Waals surface area contributed by atoms with E-state index in [1.54, 1.807) is 46.1 Å². The average Bonchev–Trinajstić information content (AvgIpc) is 2.83. The molecular weight excluding hydrogens is 364 g/mol. The van der Waals surface area contributed by atoms with Gasteiger partial charge in [0.15, 0.2) is 0 Å². The summed E-state index contributed by atoms with van der Waals surface area (Å²) in [7, 11) is -3.37. The molecule has 2 aromatic rings. The van der Waals surface area contributed by atoms with E-state index in [-0.39, 0.29) is 11.8 Å². The molecule has 2 aromatic heterocycles. The Morgan fingerprint density at radius 3 is 2.59 bits per heavy atom. The normalized spacial score (nSPS) is 25.0. The minimum absolute atomic E-state index is 0.0537. The highest BCUT2D eigenvalue weighted by molar-refractivity contribution is 7.90. The van der Waals surface area contributed by atoms with Crippen LogP contribution in [0.4, 0.5) is 0 Å². The summed E-state index contributed by atoms with van der Waals surface area (Å²) in [5.74, 6) is 0.00361. The minimum Gasteiger partial charge on any atom is -0.339 e. The molecule has 142 valence electrons. The summed E-state index contributed by atoms with van der Waals surface area (Å²) in [6.07, 6.45) is 7.76. The summed E-state index contributed by atoms with van der Waals surface area (Å²) in [6.45, 7) is 1.92. The second kappa shape index (κ2) is 7.36. The highest BCUT2D eigenvalue weighted by Gasteiger charge is 2.47. The number of carbonyl (C=O) groups excluding carboxylic acids is 1. The molecule has 7 nitrogen and oxygen atoms in total. The summed E-state index contributed by atoms with van der Waals surface area (Å²) in [4.78, 5) is 22.5. The lowest BCUT2D eigenvalue weighted by Gasteiger charge is -2.22. The third-order valence-electron chi connectivity index (χ3n) is 5.46. The number of hydrogen-bond acceptors (Lipinski definition) is 5. The van der Waals surface area contributed by atoms with Crippen LogP contribution in [-0.4, -0.2) is 58.4 Å². The van der Waals surface area contributed by atoms with Crippen molar-refractivity contribution in [3.8, 4) is 0 Å². The number of carbonyl (C=O) groups is 1. The largest absolute Gasteiger partial charge is 0.339 e. The molecule has 2 aliphatic rings. The van der Waals surface area contributed by atoms with Gasteiger partial charge in [-0.15, -0.1) is 0 Å². The van der Waals surface area contributed by atoms with Crippen molar-refractivity contribution in [2.75, 3.05) is 19.6 Å². The Morgan fingerprint density at radius 1 is 1.07 bits per heavy atom. The number of aromatic nitrogens is 2. The molecule has 4 heterocycles. The highest BCUT2D eigenvalue weighted by atomic mass is 32.2. The van der Waals surface area contributed by atoms with Crippen molar-refractivity contribution < 1.29 is 13.2 Å². The molecule has 0 spiro atoms. The molecule has 0 aromatic carbocycles. The zero-order valence-electron chi connectivity index (χ0n) is 14.9. The van der Waals surface area contributed by atoms with Crippen LogP contribution >= 0.6 is 0 Å². The van der Waals surface area contributed by atoms with Crippen LogP contribution in [0, 0.1) is 5.92 Å². The van der Waals surface area contributed by atoms with Gasteiger partial charge in [0.25, 0.3) is 5.91 Å². The smallest absolute Gasteiger partial charge is 0.253 e. The summed E-state index contributed by atoms with van der Waals surface area (Å²) >= 11 is 0. The number of amides is 1. The number of rotatable bonds is 3. The first-order valence-corrected chi connectivity index (χ1v) is 10.6. The Morgan fingerprint density at radius 2 is 1.85 bits per heavy atom. The zero-order chi connectivity index (χ0) is 18.9. The van der Waals surface area contributed by atoms with Gasteiger partial charge in [-0.25, -0.2) is 8.42 Å². The molecule has 4 rings (SSSR count). The van der Waals surface area contributed by atoms with E-state index in [1.807, 2.05) is 12.1 Å². The van der Waals surface area contributed by atoms with Gasteiger partial charge in [0.2, 0.25) is 10.0 Å². The third-order valence-corrected chi connectivity index (χ3v) is 7.84. The van der Waals surface area contributed by atoms with E-state index in [0.717, 1.165) is 5.56 Å². The van der Waals surface area contributed by atoms with E-state index in [0.29, 0.717) is 44.6 Å². The van der Waals surface area contributed by atoms with Gasteiger partial charge < -0.3 is 4.90 Å². The van der Waals surface area contributed by atoms with Gasteiger partial charge in [-0.3, -0.25) is 14.8 Å². The van der Waals surface area contributed by atoms with Crippen molar-refractivity contribution >= 4 is 15.9 Å². The Labute approximate surface area is 159 Å². The van der Waals surface area contributed by atoms with Crippen LogP contribution < -0.4 is 0 Å². The molecule has 0 saturated carbocycles. The van der Waals surface area contributed by atoms with Crippen molar-refractivity contribution in [3.63, 3.8) is 0 Å². The van der Waals surface area contributed by atoms with E-state index in [2.05, 4.69) is 9.97 Å². The van der Waals surface area contributed by atoms with Crippen LogP contribution in [0.5, 0.6) is 0 Å². The van der Waals surface area contributed by atoms with Gasteiger partial charge in [-0.2, -0.15) is 4.31 Å². The van der Waals surface area contributed by atoms with Gasteiger partial charge in [-0.05, 0) is 42.5 Å². The lowest BCUT2D eigenvalue weighted by molar-refractivity contribution is 0.0759. The number of likely N-dealkylation sites (tertiary alicyclic amines) is 1. The molecule has 0 unspecified atom stereocenters. The molecule has 2 saturated heterocycles. The first-order chi connectivity index (χ1) is 13.1. The number of pyridine rings is 2. The van der Waals surface area contributed by atoms with Gasteiger partial charge in [0.05, 0.1) is 5.25 Å². The van der Waals surface area contributed by atoms with Crippen LogP contribution in [0.15, 0.2) is 49.1 Å². The molecule has 27 heavy (non-hydrogen) atoms. The van der Waals surface area contributed by atoms with E-state index in [4.69, 9.17) is 0 Å². The van der Waals surface area contributed by atoms with Crippen molar-refractivity contribution in [2.45, 2.75) is 24.6 Å². The van der Waals surface area contributed by atoms with Gasteiger partial charge in [0, 0.05) is 56.5 Å². The predicted molar refractivity (Wildman–Crippen MR) is 100 cm³/mol. The number of fused-ring (bicyclic) bond motifs is 1. The fourth-order valence-electron chi connectivity index (χ4n) is 4.03. The summed E-state index contributed by atoms with van der Waals surface area (Å²) in [5, 5.41) is -0.413. The topological polar surface area (TPSA) is 83.5 Å². The lowest BCUT2D eigenvalue weighted by Crippen LogP contribution is -2.34. The third kappa shape index (κ3) is 3.59. The lowest BCUT2D eigenvalue weighted by atomic mass is 10.0. The van der Waals surface area contributed by atoms with Crippen LogP contribution in [0.1, 0.15) is 28.8 Å². The number of hydrogen-bond donors (Lipinski definition) is 0. The summed E-state index contributed by atoms with van der Waals surface area (Å²) in [5.41, 5.74) is 1.49. The van der Waals surface area contributed by atoms with Crippen molar-refractivity contribution in [1.29, 1.82) is 0 Å². The average molecular weight is 386 g/mol. The summed E-state index contributed by atoms with van der Waals surface area (Å²) < 4.78 is 27.6. The molecule has 1 amide bonds. The Hall–Kier alpha value is -2.32. The SMILES string of the molecule is O=C(c1ccncc1)N1CC[C@@H]2CN(Cc3cccnc3)S(=O)(=O)[C@@H]2CC1. The summed E-state index contributed by atoms with van der Waals surface area (Å²) in [6, 6.07) is 7.10. The fourth-order valence-corrected chi connectivity index (χ4v) is 6.25. The molecule has 2 atom stereocenters. The van der Waals surface area contributed by atoms with E-state index < -0.39 is 15.3 Å². The van der Waals surface area contributed by atoms with Crippen LogP contribution in [0.2, 0.25) is 0 Å². The van der Waals surface area contributed by atoms with Crippen LogP contribution in [-0.2, 0) is 16.6 Å². The van der Waals surface area contributed by atoms with E-state index in [1.165, 1.54) is 0 Å². The van der Waals surface area contributed by atoms with Gasteiger partial charge in [0.1, 0.15) is 0 Å². The zero-order valence-corrected chi connectivity index (χ0v) is 15.8. The molecule has 0 radical (unpaired) electrons.